The van der Waals surface area contributed by atoms with E-state index in [-0.39, 0.29) is 6.10 Å². The second-order valence-electron chi connectivity index (χ2n) is 7.23. The highest BCUT2D eigenvalue weighted by Crippen LogP contribution is 2.35. The fraction of sp³-hybridized carbons (Fsp3) is 0.381. The van der Waals surface area contributed by atoms with Gasteiger partial charge in [0.15, 0.2) is 0 Å². The third-order valence-corrected chi connectivity index (χ3v) is 5.43. The van der Waals surface area contributed by atoms with Crippen molar-refractivity contribution in [3.63, 3.8) is 0 Å². The van der Waals surface area contributed by atoms with E-state index in [1.807, 2.05) is 24.4 Å². The lowest BCUT2D eigenvalue weighted by molar-refractivity contribution is 0.109. The SMILES string of the molecule is c1cnc(N2CCN(c3ncc(-c4ccncc4)c([C@@H]4CCCO4)n3)CC2)nc1. The van der Waals surface area contributed by atoms with Gasteiger partial charge in [-0.15, -0.1) is 0 Å². The van der Waals surface area contributed by atoms with Gasteiger partial charge in [0.2, 0.25) is 11.9 Å². The van der Waals surface area contributed by atoms with Crippen LogP contribution in [0.5, 0.6) is 0 Å². The predicted molar refractivity (Wildman–Crippen MR) is 110 cm³/mol. The Morgan fingerprint density at radius 1 is 0.862 bits per heavy atom. The molecule has 8 nitrogen and oxygen atoms in total. The van der Waals surface area contributed by atoms with Gasteiger partial charge >= 0.3 is 0 Å². The maximum atomic E-state index is 5.97. The normalized spacial score (nSPS) is 19.5. The fourth-order valence-electron chi connectivity index (χ4n) is 3.89. The van der Waals surface area contributed by atoms with Crippen molar-refractivity contribution in [1.82, 2.24) is 24.9 Å². The molecule has 0 amide bonds. The van der Waals surface area contributed by atoms with Crippen molar-refractivity contribution in [1.29, 1.82) is 0 Å². The van der Waals surface area contributed by atoms with Gasteiger partial charge in [-0.25, -0.2) is 19.9 Å². The minimum absolute atomic E-state index is 0.0268. The van der Waals surface area contributed by atoms with Crippen molar-refractivity contribution in [2.45, 2.75) is 18.9 Å². The molecule has 0 bridgehead atoms. The first kappa shape index (κ1) is 17.9. The third-order valence-electron chi connectivity index (χ3n) is 5.43. The molecule has 0 radical (unpaired) electrons. The molecule has 2 aliphatic rings. The summed E-state index contributed by atoms with van der Waals surface area (Å²) in [7, 11) is 0. The van der Waals surface area contributed by atoms with E-state index in [0.29, 0.717) is 0 Å². The average Bonchev–Trinajstić information content (AvgIpc) is 3.35. The second-order valence-corrected chi connectivity index (χ2v) is 7.23. The quantitative estimate of drug-likeness (QED) is 0.673. The van der Waals surface area contributed by atoms with Crippen molar-refractivity contribution in [3.8, 4) is 11.1 Å². The molecule has 5 rings (SSSR count). The van der Waals surface area contributed by atoms with Crippen LogP contribution in [-0.2, 0) is 4.74 Å². The molecule has 0 aromatic carbocycles. The number of pyridine rings is 1. The number of aromatic nitrogens is 5. The summed E-state index contributed by atoms with van der Waals surface area (Å²) in [6, 6.07) is 5.83. The number of ether oxygens (including phenoxy) is 1. The minimum atomic E-state index is 0.0268. The maximum absolute atomic E-state index is 5.97. The molecular weight excluding hydrogens is 366 g/mol. The maximum Gasteiger partial charge on any atom is 0.225 e. The largest absolute Gasteiger partial charge is 0.372 e. The van der Waals surface area contributed by atoms with E-state index in [0.717, 1.165) is 74.3 Å². The first-order valence-corrected chi connectivity index (χ1v) is 10.0. The topological polar surface area (TPSA) is 80.2 Å². The van der Waals surface area contributed by atoms with E-state index in [1.165, 1.54) is 0 Å². The van der Waals surface area contributed by atoms with E-state index >= 15 is 0 Å². The molecule has 0 saturated carbocycles. The summed E-state index contributed by atoms with van der Waals surface area (Å²) in [5.41, 5.74) is 3.08. The van der Waals surface area contributed by atoms with Crippen molar-refractivity contribution in [2.24, 2.45) is 0 Å². The summed E-state index contributed by atoms with van der Waals surface area (Å²) in [4.78, 5) is 26.9. The molecule has 3 aromatic heterocycles. The zero-order chi connectivity index (χ0) is 19.5. The zero-order valence-corrected chi connectivity index (χ0v) is 16.2. The van der Waals surface area contributed by atoms with Crippen molar-refractivity contribution >= 4 is 11.9 Å². The van der Waals surface area contributed by atoms with Crippen LogP contribution < -0.4 is 9.80 Å². The molecule has 0 N–H and O–H groups in total. The number of piperazine rings is 1. The van der Waals surface area contributed by atoms with Crippen molar-refractivity contribution in [2.75, 3.05) is 42.6 Å². The molecule has 2 fully saturated rings. The lowest BCUT2D eigenvalue weighted by Crippen LogP contribution is -2.47. The smallest absolute Gasteiger partial charge is 0.225 e. The van der Waals surface area contributed by atoms with Crippen LogP contribution in [0.25, 0.3) is 11.1 Å². The van der Waals surface area contributed by atoms with E-state index in [1.54, 1.807) is 24.8 Å². The predicted octanol–water partition coefficient (Wildman–Crippen LogP) is 2.51. The van der Waals surface area contributed by atoms with Crippen LogP contribution in [0.4, 0.5) is 11.9 Å². The lowest BCUT2D eigenvalue weighted by Gasteiger charge is -2.35. The van der Waals surface area contributed by atoms with Crippen LogP contribution in [0, 0.1) is 0 Å². The highest BCUT2D eigenvalue weighted by molar-refractivity contribution is 5.66. The molecule has 148 valence electrons. The minimum Gasteiger partial charge on any atom is -0.372 e. The van der Waals surface area contributed by atoms with Gasteiger partial charge in [-0.2, -0.15) is 0 Å². The van der Waals surface area contributed by atoms with Crippen molar-refractivity contribution < 1.29 is 4.74 Å². The monoisotopic (exact) mass is 389 g/mol. The lowest BCUT2D eigenvalue weighted by atomic mass is 10.0. The van der Waals surface area contributed by atoms with Gasteiger partial charge in [-0.1, -0.05) is 0 Å². The van der Waals surface area contributed by atoms with E-state index < -0.39 is 0 Å². The molecule has 2 aliphatic heterocycles. The van der Waals surface area contributed by atoms with Gasteiger partial charge < -0.3 is 14.5 Å². The zero-order valence-electron chi connectivity index (χ0n) is 16.2. The van der Waals surface area contributed by atoms with Crippen LogP contribution in [-0.4, -0.2) is 57.7 Å². The first-order valence-electron chi connectivity index (χ1n) is 10.0. The van der Waals surface area contributed by atoms with Crippen molar-refractivity contribution in [3.05, 3.63) is 54.9 Å². The average molecular weight is 389 g/mol. The summed E-state index contributed by atoms with van der Waals surface area (Å²) >= 11 is 0. The van der Waals surface area contributed by atoms with Gasteiger partial charge in [-0.3, -0.25) is 4.98 Å². The Bertz CT molecular complexity index is 940. The van der Waals surface area contributed by atoms with Gasteiger partial charge in [-0.05, 0) is 36.6 Å². The Morgan fingerprint density at radius 2 is 1.59 bits per heavy atom. The summed E-state index contributed by atoms with van der Waals surface area (Å²) in [6.07, 6.45) is 11.2. The third kappa shape index (κ3) is 3.75. The van der Waals surface area contributed by atoms with Crippen LogP contribution >= 0.6 is 0 Å². The highest BCUT2D eigenvalue weighted by atomic mass is 16.5. The number of hydrogen-bond donors (Lipinski definition) is 0. The molecule has 1 atom stereocenters. The molecular formula is C21H23N7O. The van der Waals surface area contributed by atoms with E-state index in [2.05, 4.69) is 24.8 Å². The standard InChI is InChI=1S/C21H23N7O/c1-3-18(29-14-1)19-17(16-4-8-22-9-5-16)15-25-21(26-19)28-12-10-27(11-13-28)20-23-6-2-7-24-20/h2,4-9,15,18H,1,3,10-14H2/t18-/m0/s1. The van der Waals surface area contributed by atoms with Crippen LogP contribution in [0.3, 0.4) is 0 Å². The van der Waals surface area contributed by atoms with Gasteiger partial charge in [0.05, 0.1) is 5.69 Å². The Balaban J connectivity index is 1.39. The van der Waals surface area contributed by atoms with Gasteiger partial charge in [0.25, 0.3) is 0 Å². The molecule has 29 heavy (non-hydrogen) atoms. The van der Waals surface area contributed by atoms with Crippen LogP contribution in [0.15, 0.2) is 49.2 Å². The van der Waals surface area contributed by atoms with E-state index in [4.69, 9.17) is 14.7 Å². The fourth-order valence-corrected chi connectivity index (χ4v) is 3.89. The Hall–Kier alpha value is -3.13. The van der Waals surface area contributed by atoms with Gasteiger partial charge in [0.1, 0.15) is 6.10 Å². The molecule has 3 aromatic rings. The highest BCUT2D eigenvalue weighted by Gasteiger charge is 2.26. The summed E-state index contributed by atoms with van der Waals surface area (Å²) < 4.78 is 5.97. The number of hydrogen-bond acceptors (Lipinski definition) is 8. The molecule has 0 unspecified atom stereocenters. The Morgan fingerprint density at radius 3 is 2.28 bits per heavy atom. The Kier molecular flexibility index (Phi) is 5.00. The van der Waals surface area contributed by atoms with Crippen LogP contribution in [0.2, 0.25) is 0 Å². The van der Waals surface area contributed by atoms with Crippen LogP contribution in [0.1, 0.15) is 24.6 Å². The Labute approximate surface area is 169 Å². The summed E-state index contributed by atoms with van der Waals surface area (Å²) in [5, 5.41) is 0. The molecule has 0 aliphatic carbocycles. The molecule has 2 saturated heterocycles. The van der Waals surface area contributed by atoms with Gasteiger partial charge in [0, 0.05) is 69.3 Å². The number of anilines is 2. The second kappa shape index (κ2) is 8.08. The summed E-state index contributed by atoms with van der Waals surface area (Å²) in [6.45, 7) is 4.13. The first-order chi connectivity index (χ1) is 14.4. The molecule has 8 heteroatoms. The van der Waals surface area contributed by atoms with E-state index in [9.17, 15) is 0 Å². The molecule has 5 heterocycles. The molecule has 0 spiro atoms. The number of rotatable bonds is 4. The number of nitrogens with zero attached hydrogens (tertiary/aromatic N) is 7. The summed E-state index contributed by atoms with van der Waals surface area (Å²) in [5.74, 6) is 1.54.